The SMILES string of the molecule is CNc1ncc(-c2nc3ccc(OC(F)F)cn3n2)c2cc(NC(=O)C3CC3)nnc12. The summed E-state index contributed by atoms with van der Waals surface area (Å²) < 4.78 is 30.7. The maximum Gasteiger partial charge on any atom is 0.387 e. The predicted molar refractivity (Wildman–Crippen MR) is 107 cm³/mol. The zero-order valence-corrected chi connectivity index (χ0v) is 16.2. The lowest BCUT2D eigenvalue weighted by Crippen LogP contribution is -2.15. The van der Waals surface area contributed by atoms with Crippen LogP contribution >= 0.6 is 0 Å². The van der Waals surface area contributed by atoms with Gasteiger partial charge in [0, 0.05) is 30.1 Å². The molecule has 158 valence electrons. The fourth-order valence-electron chi connectivity index (χ4n) is 3.18. The van der Waals surface area contributed by atoms with E-state index < -0.39 is 6.61 Å². The van der Waals surface area contributed by atoms with Crippen molar-refractivity contribution in [1.82, 2.24) is 29.8 Å². The van der Waals surface area contributed by atoms with Crippen molar-refractivity contribution in [2.24, 2.45) is 5.92 Å². The van der Waals surface area contributed by atoms with Crippen LogP contribution in [-0.2, 0) is 4.79 Å². The van der Waals surface area contributed by atoms with Crippen LogP contribution in [0.1, 0.15) is 12.8 Å². The monoisotopic (exact) mass is 426 g/mol. The second-order valence-electron chi connectivity index (χ2n) is 7.01. The summed E-state index contributed by atoms with van der Waals surface area (Å²) in [5, 5.41) is 19.0. The van der Waals surface area contributed by atoms with Gasteiger partial charge in [-0.1, -0.05) is 0 Å². The third-order valence-electron chi connectivity index (χ3n) is 4.84. The van der Waals surface area contributed by atoms with Crippen molar-refractivity contribution in [2.75, 3.05) is 17.7 Å². The topological polar surface area (TPSA) is 119 Å². The molecule has 4 aromatic rings. The number of hydrogen-bond donors (Lipinski definition) is 2. The van der Waals surface area contributed by atoms with Crippen LogP contribution in [0.3, 0.4) is 0 Å². The summed E-state index contributed by atoms with van der Waals surface area (Å²) in [6, 6.07) is 4.60. The quantitative estimate of drug-likeness (QED) is 0.483. The Morgan fingerprint density at radius 3 is 2.87 bits per heavy atom. The highest BCUT2D eigenvalue weighted by atomic mass is 19.3. The maximum absolute atomic E-state index is 12.5. The third kappa shape index (κ3) is 3.67. The van der Waals surface area contributed by atoms with Gasteiger partial charge >= 0.3 is 6.61 Å². The van der Waals surface area contributed by atoms with Crippen LogP contribution in [0.4, 0.5) is 20.4 Å². The van der Waals surface area contributed by atoms with Crippen LogP contribution in [-0.4, -0.2) is 49.3 Å². The number of nitrogens with zero attached hydrogens (tertiary/aromatic N) is 6. The number of rotatable bonds is 6. The molecule has 1 saturated carbocycles. The number of alkyl halides is 2. The van der Waals surface area contributed by atoms with Crippen molar-refractivity contribution in [1.29, 1.82) is 0 Å². The number of aromatic nitrogens is 6. The van der Waals surface area contributed by atoms with E-state index in [0.29, 0.717) is 39.6 Å². The van der Waals surface area contributed by atoms with E-state index in [4.69, 9.17) is 0 Å². The minimum absolute atomic E-state index is 0.0204. The first-order valence-corrected chi connectivity index (χ1v) is 9.48. The summed E-state index contributed by atoms with van der Waals surface area (Å²) in [6.07, 6.45) is 4.63. The van der Waals surface area contributed by atoms with Crippen LogP contribution < -0.4 is 15.4 Å². The molecule has 0 aliphatic heterocycles. The standard InChI is InChI=1S/C19H16F2N8O2/c1-22-17-15-11(6-13(26-27-15)24-18(30)9-2-3-9)12(7-23-17)16-25-14-5-4-10(31-19(20)21)8-29(14)28-16/h4-9,19H,2-3H2,1H3,(H,22,23)(H,24,26,30). The average molecular weight is 426 g/mol. The van der Waals surface area contributed by atoms with Crippen LogP contribution in [0.15, 0.2) is 30.6 Å². The lowest BCUT2D eigenvalue weighted by Gasteiger charge is -2.09. The van der Waals surface area contributed by atoms with Gasteiger partial charge in [-0.05, 0) is 31.0 Å². The van der Waals surface area contributed by atoms with Crippen molar-refractivity contribution in [3.05, 3.63) is 30.6 Å². The van der Waals surface area contributed by atoms with Gasteiger partial charge in [0.05, 0.1) is 6.20 Å². The molecule has 0 saturated heterocycles. The molecule has 5 rings (SSSR count). The lowest BCUT2D eigenvalue weighted by molar-refractivity contribution is -0.117. The molecule has 0 aromatic carbocycles. The van der Waals surface area contributed by atoms with Gasteiger partial charge in [0.15, 0.2) is 23.1 Å². The number of carbonyl (C=O) groups is 1. The summed E-state index contributed by atoms with van der Waals surface area (Å²) >= 11 is 0. The number of hydrogen-bond acceptors (Lipinski definition) is 8. The predicted octanol–water partition coefficient (Wildman–Crippen LogP) is 2.73. The van der Waals surface area contributed by atoms with Crippen molar-refractivity contribution >= 4 is 34.1 Å². The Balaban J connectivity index is 1.59. The molecule has 1 aliphatic rings. The number of halogens is 2. The Hall–Kier alpha value is -3.96. The largest absolute Gasteiger partial charge is 0.433 e. The molecule has 10 nitrogen and oxygen atoms in total. The summed E-state index contributed by atoms with van der Waals surface area (Å²) in [6.45, 7) is -2.94. The third-order valence-corrected chi connectivity index (χ3v) is 4.84. The fraction of sp³-hybridized carbons (Fsp3) is 0.263. The molecule has 4 heterocycles. The number of carbonyl (C=O) groups excluding carboxylic acids is 1. The molecule has 1 amide bonds. The van der Waals surface area contributed by atoms with Crippen LogP contribution in [0.5, 0.6) is 5.75 Å². The Morgan fingerprint density at radius 1 is 1.29 bits per heavy atom. The molecule has 2 N–H and O–H groups in total. The Bertz CT molecular complexity index is 1310. The highest BCUT2D eigenvalue weighted by Crippen LogP contribution is 2.32. The van der Waals surface area contributed by atoms with Crippen molar-refractivity contribution in [2.45, 2.75) is 19.5 Å². The Labute approximate surface area is 173 Å². The summed E-state index contributed by atoms with van der Waals surface area (Å²) in [4.78, 5) is 20.9. The van der Waals surface area contributed by atoms with Gasteiger partial charge in [-0.25, -0.2) is 14.5 Å². The van der Waals surface area contributed by atoms with E-state index in [2.05, 4.69) is 40.6 Å². The van der Waals surface area contributed by atoms with Crippen molar-refractivity contribution in [3.8, 4) is 17.1 Å². The summed E-state index contributed by atoms with van der Waals surface area (Å²) in [5.74, 6) is 1.02. The molecular formula is C19H16F2N8O2. The Morgan fingerprint density at radius 2 is 2.13 bits per heavy atom. The molecule has 31 heavy (non-hydrogen) atoms. The van der Waals surface area contributed by atoms with E-state index >= 15 is 0 Å². The highest BCUT2D eigenvalue weighted by molar-refractivity contribution is 6.01. The van der Waals surface area contributed by atoms with E-state index in [1.165, 1.54) is 22.8 Å². The van der Waals surface area contributed by atoms with E-state index in [1.54, 1.807) is 19.3 Å². The smallest absolute Gasteiger partial charge is 0.387 e. The maximum atomic E-state index is 12.5. The fourth-order valence-corrected chi connectivity index (χ4v) is 3.18. The number of nitrogens with one attached hydrogen (secondary N) is 2. The highest BCUT2D eigenvalue weighted by Gasteiger charge is 2.30. The van der Waals surface area contributed by atoms with Gasteiger partial charge in [0.1, 0.15) is 11.3 Å². The minimum atomic E-state index is -2.94. The second kappa shape index (κ2) is 7.38. The minimum Gasteiger partial charge on any atom is -0.433 e. The molecule has 0 spiro atoms. The van der Waals surface area contributed by atoms with Crippen LogP contribution in [0, 0.1) is 5.92 Å². The van der Waals surface area contributed by atoms with Crippen LogP contribution in [0.25, 0.3) is 27.9 Å². The number of pyridine rings is 2. The lowest BCUT2D eigenvalue weighted by atomic mass is 10.1. The molecular weight excluding hydrogens is 410 g/mol. The van der Waals surface area contributed by atoms with E-state index in [0.717, 1.165) is 12.8 Å². The number of ether oxygens (including phenoxy) is 1. The number of anilines is 2. The van der Waals surface area contributed by atoms with Crippen LogP contribution in [0.2, 0.25) is 0 Å². The Kier molecular flexibility index (Phi) is 4.53. The summed E-state index contributed by atoms with van der Waals surface area (Å²) in [5.41, 5.74) is 1.46. The molecule has 1 fully saturated rings. The molecule has 0 radical (unpaired) electrons. The average Bonchev–Trinajstić information content (AvgIpc) is 3.52. The van der Waals surface area contributed by atoms with E-state index in [-0.39, 0.29) is 17.6 Å². The van der Waals surface area contributed by atoms with Gasteiger partial charge in [0.2, 0.25) is 5.91 Å². The first-order chi connectivity index (χ1) is 15.0. The van der Waals surface area contributed by atoms with Gasteiger partial charge in [-0.15, -0.1) is 15.3 Å². The van der Waals surface area contributed by atoms with Gasteiger partial charge in [-0.3, -0.25) is 4.79 Å². The second-order valence-corrected chi connectivity index (χ2v) is 7.01. The van der Waals surface area contributed by atoms with Gasteiger partial charge in [0.25, 0.3) is 0 Å². The first kappa shape index (κ1) is 19.0. The number of amides is 1. The summed E-state index contributed by atoms with van der Waals surface area (Å²) in [7, 11) is 1.71. The molecule has 12 heteroatoms. The van der Waals surface area contributed by atoms with Crippen molar-refractivity contribution < 1.29 is 18.3 Å². The zero-order valence-electron chi connectivity index (χ0n) is 16.2. The van der Waals surface area contributed by atoms with E-state index in [9.17, 15) is 13.6 Å². The number of fused-ring (bicyclic) bond motifs is 2. The molecule has 0 unspecified atom stereocenters. The van der Waals surface area contributed by atoms with E-state index in [1.807, 2.05) is 0 Å². The molecule has 0 atom stereocenters. The normalized spacial score (nSPS) is 13.7. The first-order valence-electron chi connectivity index (χ1n) is 9.48. The zero-order chi connectivity index (χ0) is 21.5. The van der Waals surface area contributed by atoms with Gasteiger partial charge < -0.3 is 15.4 Å². The van der Waals surface area contributed by atoms with Gasteiger partial charge in [-0.2, -0.15) is 8.78 Å². The van der Waals surface area contributed by atoms with Crippen molar-refractivity contribution in [3.63, 3.8) is 0 Å². The molecule has 4 aromatic heterocycles. The molecule has 1 aliphatic carbocycles. The molecule has 0 bridgehead atoms.